The number of rotatable bonds is 1. The Bertz CT molecular complexity index is 1120. The predicted molar refractivity (Wildman–Crippen MR) is 122 cm³/mol. The maximum absolute atomic E-state index is 12.6. The summed E-state index contributed by atoms with van der Waals surface area (Å²) < 4.78 is 0. The summed E-state index contributed by atoms with van der Waals surface area (Å²) in [6.45, 7) is 14.6. The molecule has 2 aromatic rings. The Morgan fingerprint density at radius 1 is 0.900 bits per heavy atom. The van der Waals surface area contributed by atoms with Crippen LogP contribution in [0.3, 0.4) is 0 Å². The number of nitrogens with one attached hydrogen (secondary N) is 1. The number of aliphatic hydroxyl groups is 1. The van der Waals surface area contributed by atoms with Crippen molar-refractivity contribution in [2.24, 2.45) is 4.99 Å². The van der Waals surface area contributed by atoms with Crippen molar-refractivity contribution in [3.8, 4) is 0 Å². The second kappa shape index (κ2) is 6.39. The van der Waals surface area contributed by atoms with Crippen LogP contribution in [-0.4, -0.2) is 16.7 Å². The molecule has 4 heteroatoms. The van der Waals surface area contributed by atoms with Crippen LogP contribution in [0.1, 0.15) is 86.6 Å². The van der Waals surface area contributed by atoms with Crippen LogP contribution in [-0.2, 0) is 16.6 Å². The zero-order chi connectivity index (χ0) is 22.1. The van der Waals surface area contributed by atoms with Crippen LogP contribution in [0.15, 0.2) is 47.5 Å². The summed E-state index contributed by atoms with van der Waals surface area (Å²) in [5.74, 6) is -0.101. The molecule has 1 unspecified atom stereocenters. The lowest BCUT2D eigenvalue weighted by atomic mass is 9.84. The normalized spacial score (nSPS) is 22.1. The number of hydrogen-bond donors (Lipinski definition) is 2. The molecule has 2 heterocycles. The van der Waals surface area contributed by atoms with Gasteiger partial charge in [-0.15, -0.1) is 0 Å². The smallest absolute Gasteiger partial charge is 0.256 e. The fourth-order valence-corrected chi connectivity index (χ4v) is 4.04. The minimum atomic E-state index is -1.28. The molecule has 30 heavy (non-hydrogen) atoms. The van der Waals surface area contributed by atoms with E-state index >= 15 is 0 Å². The van der Waals surface area contributed by atoms with Gasteiger partial charge in [-0.25, -0.2) is 4.99 Å². The molecular formula is C26H30N2O2. The number of benzene rings is 2. The van der Waals surface area contributed by atoms with Crippen LogP contribution in [0, 0.1) is 0 Å². The van der Waals surface area contributed by atoms with E-state index in [9.17, 15) is 9.90 Å². The summed E-state index contributed by atoms with van der Waals surface area (Å²) >= 11 is 0. The monoisotopic (exact) mass is 402 g/mol. The van der Waals surface area contributed by atoms with E-state index in [1.165, 1.54) is 5.56 Å². The summed E-state index contributed by atoms with van der Waals surface area (Å²) in [6.07, 6.45) is 1.88. The minimum Gasteiger partial charge on any atom is -0.366 e. The van der Waals surface area contributed by atoms with Crippen LogP contribution in [0.4, 0.5) is 0 Å². The molecule has 2 aliphatic heterocycles. The summed E-state index contributed by atoms with van der Waals surface area (Å²) in [5, 5.41) is 13.8. The molecule has 4 rings (SSSR count). The Morgan fingerprint density at radius 3 is 2.07 bits per heavy atom. The fourth-order valence-electron chi connectivity index (χ4n) is 4.04. The summed E-state index contributed by atoms with van der Waals surface area (Å²) in [4.78, 5) is 17.2. The number of aliphatic imine (C=N–C) groups is 1. The van der Waals surface area contributed by atoms with Gasteiger partial charge in [0.1, 0.15) is 0 Å². The third kappa shape index (κ3) is 3.39. The van der Waals surface area contributed by atoms with Crippen LogP contribution in [0.25, 0.3) is 5.70 Å². The van der Waals surface area contributed by atoms with Gasteiger partial charge in [-0.1, -0.05) is 65.8 Å². The topological polar surface area (TPSA) is 61.7 Å². The van der Waals surface area contributed by atoms with Gasteiger partial charge >= 0.3 is 0 Å². The van der Waals surface area contributed by atoms with Crippen molar-refractivity contribution in [1.29, 1.82) is 0 Å². The number of carbonyl (C=O) groups excluding carboxylic acids is 1. The van der Waals surface area contributed by atoms with Crippen LogP contribution in [0.5, 0.6) is 0 Å². The first-order valence-electron chi connectivity index (χ1n) is 10.4. The van der Waals surface area contributed by atoms with E-state index in [1.54, 1.807) is 6.92 Å². The van der Waals surface area contributed by atoms with E-state index in [0.717, 1.165) is 28.0 Å². The van der Waals surface area contributed by atoms with Crippen molar-refractivity contribution in [3.63, 3.8) is 0 Å². The first-order chi connectivity index (χ1) is 13.8. The predicted octanol–water partition coefficient (Wildman–Crippen LogP) is 5.03. The van der Waals surface area contributed by atoms with Gasteiger partial charge in [0.2, 0.25) is 0 Å². The third-order valence-electron chi connectivity index (χ3n) is 5.96. The van der Waals surface area contributed by atoms with E-state index < -0.39 is 5.72 Å². The van der Waals surface area contributed by atoms with E-state index in [-0.39, 0.29) is 16.7 Å². The van der Waals surface area contributed by atoms with Gasteiger partial charge in [-0.3, -0.25) is 4.79 Å². The van der Waals surface area contributed by atoms with Gasteiger partial charge in [-0.2, -0.15) is 0 Å². The van der Waals surface area contributed by atoms with E-state index in [2.05, 4.69) is 70.1 Å². The van der Waals surface area contributed by atoms with Crippen LogP contribution < -0.4 is 5.32 Å². The quantitative estimate of drug-likeness (QED) is 0.702. The molecule has 2 N–H and O–H groups in total. The van der Waals surface area contributed by atoms with Crippen molar-refractivity contribution in [3.05, 3.63) is 75.9 Å². The van der Waals surface area contributed by atoms with Crippen molar-refractivity contribution in [1.82, 2.24) is 5.32 Å². The Kier molecular flexibility index (Phi) is 4.37. The molecule has 4 nitrogen and oxygen atoms in total. The van der Waals surface area contributed by atoms with Gasteiger partial charge in [0.15, 0.2) is 5.72 Å². The van der Waals surface area contributed by atoms with Gasteiger partial charge in [0.25, 0.3) is 5.91 Å². The molecule has 0 aliphatic carbocycles. The first kappa shape index (κ1) is 20.5. The molecule has 1 amide bonds. The van der Waals surface area contributed by atoms with Crippen molar-refractivity contribution in [2.75, 3.05) is 0 Å². The van der Waals surface area contributed by atoms with Crippen LogP contribution in [0.2, 0.25) is 0 Å². The largest absolute Gasteiger partial charge is 0.366 e. The highest BCUT2D eigenvalue weighted by molar-refractivity contribution is 6.19. The average molecular weight is 403 g/mol. The third-order valence-corrected chi connectivity index (χ3v) is 5.96. The molecule has 0 bridgehead atoms. The highest BCUT2D eigenvalue weighted by Crippen LogP contribution is 2.38. The lowest BCUT2D eigenvalue weighted by molar-refractivity contribution is 0.0714. The van der Waals surface area contributed by atoms with Crippen molar-refractivity contribution in [2.45, 2.75) is 65.0 Å². The second-order valence-electron chi connectivity index (χ2n) is 10.6. The molecule has 156 valence electrons. The maximum atomic E-state index is 12.6. The number of allylic oxidation sites excluding steroid dienone is 1. The van der Waals surface area contributed by atoms with Gasteiger partial charge in [-0.05, 0) is 47.1 Å². The highest BCUT2D eigenvalue weighted by atomic mass is 16.3. The molecule has 0 fully saturated rings. The van der Waals surface area contributed by atoms with Gasteiger partial charge < -0.3 is 10.4 Å². The standard InChI is InChI=1S/C26H30N2O2/c1-24(2,3)15-8-10-17-18(12-15)23(29)27-21(17)14-22-19-13-16(25(4,5)6)9-11-20(19)26(7,30)28-22/h8-14,30H,1-7H3,(H,27,29). The van der Waals surface area contributed by atoms with E-state index in [1.807, 2.05) is 24.3 Å². The fraction of sp³-hybridized carbons (Fsp3) is 0.385. The number of amides is 1. The SMILES string of the molecule is CC(C)(C)c1ccc2c(c1)C(=O)NC2=CC1=NC(C)(O)c2ccc(C(C)(C)C)cc21. The zero-order valence-electron chi connectivity index (χ0n) is 18.8. The Hall–Kier alpha value is -2.72. The molecule has 0 radical (unpaired) electrons. The summed E-state index contributed by atoms with van der Waals surface area (Å²) in [6, 6.07) is 12.2. The molecular weight excluding hydrogens is 372 g/mol. The number of carbonyl (C=O) groups is 1. The van der Waals surface area contributed by atoms with Crippen LogP contribution >= 0.6 is 0 Å². The maximum Gasteiger partial charge on any atom is 0.256 e. The molecule has 0 saturated heterocycles. The molecule has 2 aliphatic rings. The number of fused-ring (bicyclic) bond motifs is 2. The minimum absolute atomic E-state index is 0.0146. The van der Waals surface area contributed by atoms with Gasteiger partial charge in [0, 0.05) is 22.3 Å². The first-order valence-corrected chi connectivity index (χ1v) is 10.4. The zero-order valence-corrected chi connectivity index (χ0v) is 18.8. The summed E-state index contributed by atoms with van der Waals surface area (Å²) in [5.41, 5.74) is 5.64. The van der Waals surface area contributed by atoms with Crippen molar-refractivity contribution < 1.29 is 9.90 Å². The van der Waals surface area contributed by atoms with Gasteiger partial charge in [0.05, 0.1) is 11.4 Å². The lowest BCUT2D eigenvalue weighted by Gasteiger charge is -2.21. The second-order valence-corrected chi connectivity index (χ2v) is 10.6. The van der Waals surface area contributed by atoms with Crippen molar-refractivity contribution >= 4 is 17.3 Å². The molecule has 1 atom stereocenters. The van der Waals surface area contributed by atoms with E-state index in [0.29, 0.717) is 11.3 Å². The Labute approximate surface area is 178 Å². The molecule has 0 aromatic heterocycles. The Morgan fingerprint density at radius 2 is 1.47 bits per heavy atom. The molecule has 0 spiro atoms. The number of hydrogen-bond acceptors (Lipinski definition) is 3. The highest BCUT2D eigenvalue weighted by Gasteiger charge is 2.35. The average Bonchev–Trinajstić information content (AvgIpc) is 3.07. The lowest BCUT2D eigenvalue weighted by Crippen LogP contribution is -2.16. The number of nitrogens with zero attached hydrogens (tertiary/aromatic N) is 1. The van der Waals surface area contributed by atoms with E-state index in [4.69, 9.17) is 0 Å². The molecule has 0 saturated carbocycles. The Balaban J connectivity index is 1.81. The molecule has 2 aromatic carbocycles. The summed E-state index contributed by atoms with van der Waals surface area (Å²) in [7, 11) is 0.